The lowest BCUT2D eigenvalue weighted by molar-refractivity contribution is 0.101. The quantitative estimate of drug-likeness (QED) is 0.645. The molecule has 0 aliphatic rings. The molecule has 0 bridgehead atoms. The standard InChI is InChI=1S/C13H10N2O2/c1-8(16)9-4-5-11-10(7-9)14-13(17)12-3-2-6-15(11)12/h2-7H,1H3,(H,14,17). The number of hydrogen-bond donors (Lipinski definition) is 1. The summed E-state index contributed by atoms with van der Waals surface area (Å²) in [4.78, 5) is 25.8. The number of Topliss-reactive ketones (excluding diaryl/α,β-unsaturated/α-hetero) is 1. The molecule has 84 valence electrons. The Balaban J connectivity index is 2.50. The van der Waals surface area contributed by atoms with Crippen LogP contribution in [-0.4, -0.2) is 15.2 Å². The van der Waals surface area contributed by atoms with E-state index in [4.69, 9.17) is 0 Å². The largest absolute Gasteiger partial charge is 0.319 e. The number of nitrogens with one attached hydrogen (secondary N) is 1. The van der Waals surface area contributed by atoms with Crippen LogP contribution in [-0.2, 0) is 0 Å². The first kappa shape index (κ1) is 9.84. The average Bonchev–Trinajstić information content (AvgIpc) is 2.78. The highest BCUT2D eigenvalue weighted by Gasteiger charge is 2.06. The molecule has 0 aliphatic carbocycles. The van der Waals surface area contributed by atoms with Crippen molar-refractivity contribution in [2.75, 3.05) is 0 Å². The second kappa shape index (κ2) is 3.31. The first-order chi connectivity index (χ1) is 8.16. The summed E-state index contributed by atoms with van der Waals surface area (Å²) in [6.07, 6.45) is 1.83. The van der Waals surface area contributed by atoms with Crippen LogP contribution in [0.25, 0.3) is 16.6 Å². The Bertz CT molecular complexity index is 796. The molecule has 0 radical (unpaired) electrons. The molecule has 2 aromatic heterocycles. The Kier molecular flexibility index (Phi) is 1.92. The zero-order chi connectivity index (χ0) is 12.0. The molecule has 0 atom stereocenters. The Hall–Kier alpha value is -2.36. The van der Waals surface area contributed by atoms with Gasteiger partial charge >= 0.3 is 0 Å². The van der Waals surface area contributed by atoms with Gasteiger partial charge in [-0.05, 0) is 37.3 Å². The first-order valence-corrected chi connectivity index (χ1v) is 5.31. The third-order valence-corrected chi connectivity index (χ3v) is 2.89. The molecule has 0 spiro atoms. The van der Waals surface area contributed by atoms with Crippen molar-refractivity contribution in [3.63, 3.8) is 0 Å². The molecule has 3 aromatic rings. The summed E-state index contributed by atoms with van der Waals surface area (Å²) >= 11 is 0. The van der Waals surface area contributed by atoms with Gasteiger partial charge in [-0.25, -0.2) is 0 Å². The third-order valence-electron chi connectivity index (χ3n) is 2.89. The molecule has 17 heavy (non-hydrogen) atoms. The van der Waals surface area contributed by atoms with Crippen LogP contribution < -0.4 is 5.56 Å². The Morgan fingerprint density at radius 1 is 1.24 bits per heavy atom. The molecular weight excluding hydrogens is 216 g/mol. The maximum Gasteiger partial charge on any atom is 0.272 e. The van der Waals surface area contributed by atoms with E-state index in [1.165, 1.54) is 6.92 Å². The van der Waals surface area contributed by atoms with E-state index in [0.717, 1.165) is 5.52 Å². The van der Waals surface area contributed by atoms with Gasteiger partial charge in [-0.3, -0.25) is 9.59 Å². The SMILES string of the molecule is CC(=O)c1ccc2c(c1)[nH]c(=O)c1cccn12. The van der Waals surface area contributed by atoms with Gasteiger partial charge in [-0.15, -0.1) is 0 Å². The molecule has 1 N–H and O–H groups in total. The predicted octanol–water partition coefficient (Wildman–Crippen LogP) is 1.98. The van der Waals surface area contributed by atoms with Crippen molar-refractivity contribution < 1.29 is 4.79 Å². The van der Waals surface area contributed by atoms with Gasteiger partial charge in [0.1, 0.15) is 5.52 Å². The number of benzene rings is 1. The van der Waals surface area contributed by atoms with E-state index in [1.54, 1.807) is 18.2 Å². The lowest BCUT2D eigenvalue weighted by Crippen LogP contribution is -2.09. The zero-order valence-corrected chi connectivity index (χ0v) is 9.23. The van der Waals surface area contributed by atoms with Crippen molar-refractivity contribution in [1.82, 2.24) is 9.38 Å². The fourth-order valence-electron chi connectivity index (χ4n) is 2.03. The van der Waals surface area contributed by atoms with Gasteiger partial charge in [0.25, 0.3) is 5.56 Å². The van der Waals surface area contributed by atoms with Gasteiger partial charge in [0.2, 0.25) is 0 Å². The number of carbonyl (C=O) groups excluding carboxylic acids is 1. The number of aromatic nitrogens is 2. The minimum atomic E-state index is -0.150. The maximum absolute atomic E-state index is 11.8. The minimum Gasteiger partial charge on any atom is -0.319 e. The van der Waals surface area contributed by atoms with Crippen molar-refractivity contribution in [1.29, 1.82) is 0 Å². The predicted molar refractivity (Wildman–Crippen MR) is 65.5 cm³/mol. The van der Waals surface area contributed by atoms with E-state index in [-0.39, 0.29) is 11.3 Å². The summed E-state index contributed by atoms with van der Waals surface area (Å²) in [5.74, 6) is -0.0136. The number of H-pyrrole nitrogens is 1. The fourth-order valence-corrected chi connectivity index (χ4v) is 2.03. The third kappa shape index (κ3) is 1.38. The number of ketones is 1. The number of carbonyl (C=O) groups is 1. The summed E-state index contributed by atoms with van der Waals surface area (Å²) < 4.78 is 1.82. The van der Waals surface area contributed by atoms with E-state index in [9.17, 15) is 9.59 Å². The number of fused-ring (bicyclic) bond motifs is 3. The molecule has 0 amide bonds. The van der Waals surface area contributed by atoms with Crippen molar-refractivity contribution in [3.8, 4) is 0 Å². The zero-order valence-electron chi connectivity index (χ0n) is 9.23. The number of rotatable bonds is 1. The fraction of sp³-hybridized carbons (Fsp3) is 0.0769. The van der Waals surface area contributed by atoms with Crippen molar-refractivity contribution in [3.05, 3.63) is 52.4 Å². The van der Waals surface area contributed by atoms with Crippen molar-refractivity contribution in [2.24, 2.45) is 0 Å². The van der Waals surface area contributed by atoms with Crippen LogP contribution in [0.5, 0.6) is 0 Å². The second-order valence-electron chi connectivity index (χ2n) is 4.01. The van der Waals surface area contributed by atoms with Gasteiger partial charge < -0.3 is 9.38 Å². The molecule has 0 aliphatic heterocycles. The Morgan fingerprint density at radius 3 is 2.82 bits per heavy atom. The number of hydrogen-bond acceptors (Lipinski definition) is 2. The van der Waals surface area contributed by atoms with Crippen LogP contribution in [0.4, 0.5) is 0 Å². The van der Waals surface area contributed by atoms with E-state index in [0.29, 0.717) is 16.6 Å². The highest BCUT2D eigenvalue weighted by atomic mass is 16.1. The summed E-state index contributed by atoms with van der Waals surface area (Å²) in [5, 5.41) is 0. The average molecular weight is 226 g/mol. The van der Waals surface area contributed by atoms with E-state index >= 15 is 0 Å². The van der Waals surface area contributed by atoms with Crippen LogP contribution in [0.1, 0.15) is 17.3 Å². The first-order valence-electron chi connectivity index (χ1n) is 5.31. The van der Waals surface area contributed by atoms with Crippen molar-refractivity contribution in [2.45, 2.75) is 6.92 Å². The minimum absolute atomic E-state index is 0.0136. The highest BCUT2D eigenvalue weighted by Crippen LogP contribution is 2.15. The molecule has 0 fully saturated rings. The molecule has 0 unspecified atom stereocenters. The van der Waals surface area contributed by atoms with Gasteiger partial charge in [0.05, 0.1) is 11.0 Å². The molecule has 4 nitrogen and oxygen atoms in total. The normalized spacial score (nSPS) is 11.1. The highest BCUT2D eigenvalue weighted by molar-refractivity contribution is 5.97. The van der Waals surface area contributed by atoms with Crippen LogP contribution >= 0.6 is 0 Å². The van der Waals surface area contributed by atoms with E-state index < -0.39 is 0 Å². The Morgan fingerprint density at radius 2 is 2.06 bits per heavy atom. The summed E-state index contributed by atoms with van der Waals surface area (Å²) in [7, 11) is 0. The summed E-state index contributed by atoms with van der Waals surface area (Å²) in [6, 6.07) is 8.90. The molecule has 0 saturated carbocycles. The van der Waals surface area contributed by atoms with Gasteiger partial charge in [0.15, 0.2) is 5.78 Å². The van der Waals surface area contributed by atoms with Crippen LogP contribution in [0.2, 0.25) is 0 Å². The second-order valence-corrected chi connectivity index (χ2v) is 4.01. The van der Waals surface area contributed by atoms with Gasteiger partial charge in [-0.2, -0.15) is 0 Å². The Labute approximate surface area is 96.5 Å². The maximum atomic E-state index is 11.8. The number of aromatic amines is 1. The van der Waals surface area contributed by atoms with Crippen LogP contribution in [0.3, 0.4) is 0 Å². The molecule has 0 saturated heterocycles. The molecular formula is C13H10N2O2. The van der Waals surface area contributed by atoms with E-state index in [1.807, 2.05) is 22.7 Å². The molecule has 2 heterocycles. The summed E-state index contributed by atoms with van der Waals surface area (Å²) in [5.41, 5.74) is 2.61. The monoisotopic (exact) mass is 226 g/mol. The smallest absolute Gasteiger partial charge is 0.272 e. The summed E-state index contributed by atoms with van der Waals surface area (Å²) in [6.45, 7) is 1.51. The molecule has 3 rings (SSSR count). The van der Waals surface area contributed by atoms with Crippen LogP contribution in [0, 0.1) is 0 Å². The van der Waals surface area contributed by atoms with E-state index in [2.05, 4.69) is 4.98 Å². The lowest BCUT2D eigenvalue weighted by Gasteiger charge is -2.04. The molecule has 4 heteroatoms. The molecule has 1 aromatic carbocycles. The van der Waals surface area contributed by atoms with Crippen LogP contribution in [0.15, 0.2) is 41.3 Å². The topological polar surface area (TPSA) is 54.3 Å². The number of nitrogens with zero attached hydrogens (tertiary/aromatic N) is 1. The van der Waals surface area contributed by atoms with Gasteiger partial charge in [-0.1, -0.05) is 0 Å². The lowest BCUT2D eigenvalue weighted by atomic mass is 10.1. The van der Waals surface area contributed by atoms with Crippen molar-refractivity contribution >= 4 is 22.3 Å². The van der Waals surface area contributed by atoms with Gasteiger partial charge in [0, 0.05) is 11.8 Å².